The number of urea groups is 1. The van der Waals surface area contributed by atoms with E-state index >= 15 is 0 Å². The Bertz CT molecular complexity index is 566. The molecule has 5 N–H and O–H groups in total. The predicted octanol–water partition coefficient (Wildman–Crippen LogP) is 2.35. The highest BCUT2D eigenvalue weighted by Crippen LogP contribution is 2.21. The summed E-state index contributed by atoms with van der Waals surface area (Å²) in [6, 6.07) is 6.64. The van der Waals surface area contributed by atoms with Crippen molar-refractivity contribution in [2.24, 2.45) is 17.4 Å². The highest BCUT2D eigenvalue weighted by Gasteiger charge is 2.21. The van der Waals surface area contributed by atoms with Crippen LogP contribution < -0.4 is 16.8 Å². The Morgan fingerprint density at radius 2 is 1.84 bits per heavy atom. The van der Waals surface area contributed by atoms with Gasteiger partial charge in [-0.15, -0.1) is 12.4 Å². The normalized spacial score (nSPS) is 12.9. The van der Waals surface area contributed by atoms with Gasteiger partial charge in [0.2, 0.25) is 5.91 Å². The number of rotatable bonds is 8. The van der Waals surface area contributed by atoms with Crippen LogP contribution in [0.4, 0.5) is 4.79 Å². The van der Waals surface area contributed by atoms with Crippen molar-refractivity contribution in [1.82, 2.24) is 10.2 Å². The first-order valence-electron chi connectivity index (χ1n) is 8.33. The zero-order valence-electron chi connectivity index (χ0n) is 15.5. The fourth-order valence-electron chi connectivity index (χ4n) is 2.52. The lowest BCUT2D eigenvalue weighted by Crippen LogP contribution is -2.39. The van der Waals surface area contributed by atoms with Crippen LogP contribution in [0.2, 0.25) is 0 Å². The van der Waals surface area contributed by atoms with E-state index in [1.165, 1.54) is 0 Å². The summed E-state index contributed by atoms with van der Waals surface area (Å²) in [6.07, 6.45) is 0.916. The van der Waals surface area contributed by atoms with Gasteiger partial charge in [-0.1, -0.05) is 38.1 Å². The number of hydrogen-bond donors (Lipinski definition) is 3. The number of nitrogens with two attached hydrogens (primary N) is 2. The fraction of sp³-hybridized carbons (Fsp3) is 0.556. The molecule has 142 valence electrons. The SMILES string of the molecule is Cc1ccccc1C(CC(=O)N(C)CCC(N)C(C)C)NC(N)=O.Cl. The summed E-state index contributed by atoms with van der Waals surface area (Å²) in [4.78, 5) is 25.5. The second-order valence-corrected chi connectivity index (χ2v) is 6.63. The average molecular weight is 371 g/mol. The van der Waals surface area contributed by atoms with E-state index in [1.807, 2.05) is 31.2 Å². The van der Waals surface area contributed by atoms with Crippen molar-refractivity contribution in [3.05, 3.63) is 35.4 Å². The lowest BCUT2D eigenvalue weighted by Gasteiger charge is -2.25. The van der Waals surface area contributed by atoms with E-state index in [-0.39, 0.29) is 30.8 Å². The van der Waals surface area contributed by atoms with Crippen molar-refractivity contribution in [3.63, 3.8) is 0 Å². The van der Waals surface area contributed by atoms with Crippen molar-refractivity contribution in [2.75, 3.05) is 13.6 Å². The van der Waals surface area contributed by atoms with E-state index in [0.29, 0.717) is 12.5 Å². The summed E-state index contributed by atoms with van der Waals surface area (Å²) in [6.45, 7) is 6.67. The summed E-state index contributed by atoms with van der Waals surface area (Å²) in [5.41, 5.74) is 13.2. The number of primary amides is 1. The average Bonchev–Trinajstić information content (AvgIpc) is 2.51. The number of amides is 3. The van der Waals surface area contributed by atoms with Crippen molar-refractivity contribution < 1.29 is 9.59 Å². The van der Waals surface area contributed by atoms with E-state index < -0.39 is 12.1 Å². The van der Waals surface area contributed by atoms with Gasteiger partial charge in [0.25, 0.3) is 0 Å². The van der Waals surface area contributed by atoms with Gasteiger partial charge >= 0.3 is 6.03 Å². The molecule has 1 rings (SSSR count). The Balaban J connectivity index is 0.00000576. The number of aryl methyl sites for hydroxylation is 1. The molecule has 2 unspecified atom stereocenters. The molecule has 0 spiro atoms. The zero-order valence-corrected chi connectivity index (χ0v) is 16.3. The number of benzene rings is 1. The van der Waals surface area contributed by atoms with Gasteiger partial charge in [0.05, 0.1) is 12.5 Å². The maximum Gasteiger partial charge on any atom is 0.312 e. The minimum absolute atomic E-state index is 0. The second-order valence-electron chi connectivity index (χ2n) is 6.63. The van der Waals surface area contributed by atoms with Crippen LogP contribution in [-0.2, 0) is 4.79 Å². The molecule has 0 aromatic heterocycles. The van der Waals surface area contributed by atoms with Crippen molar-refractivity contribution in [3.8, 4) is 0 Å². The van der Waals surface area contributed by atoms with Crippen LogP contribution in [-0.4, -0.2) is 36.5 Å². The first kappa shape index (κ1) is 23.2. The molecule has 0 aliphatic rings. The van der Waals surface area contributed by atoms with Gasteiger partial charge < -0.3 is 21.7 Å². The molecule has 2 atom stereocenters. The molecule has 0 radical (unpaired) electrons. The largest absolute Gasteiger partial charge is 0.352 e. The van der Waals surface area contributed by atoms with Gasteiger partial charge in [0.1, 0.15) is 0 Å². The van der Waals surface area contributed by atoms with Gasteiger partial charge in [0.15, 0.2) is 0 Å². The highest BCUT2D eigenvalue weighted by atomic mass is 35.5. The van der Waals surface area contributed by atoms with Crippen molar-refractivity contribution >= 4 is 24.3 Å². The molecular weight excluding hydrogens is 340 g/mol. The quantitative estimate of drug-likeness (QED) is 0.654. The standard InChI is InChI=1S/C18H30N4O2.ClH/c1-12(2)15(19)9-10-22(4)17(23)11-16(21-18(20)24)14-8-6-5-7-13(14)3;/h5-8,12,15-16H,9-11,19H2,1-4H3,(H3,20,21,24);1H. The molecule has 7 heteroatoms. The third-order valence-corrected chi connectivity index (χ3v) is 4.34. The van der Waals surface area contributed by atoms with Gasteiger partial charge in [-0.2, -0.15) is 0 Å². The molecule has 1 aromatic carbocycles. The number of carbonyl (C=O) groups is 2. The lowest BCUT2D eigenvalue weighted by molar-refractivity contribution is -0.130. The third kappa shape index (κ3) is 7.75. The minimum Gasteiger partial charge on any atom is -0.352 e. The Morgan fingerprint density at radius 1 is 1.24 bits per heavy atom. The topological polar surface area (TPSA) is 101 Å². The van der Waals surface area contributed by atoms with Gasteiger partial charge in [-0.25, -0.2) is 4.79 Å². The molecule has 0 saturated carbocycles. The Labute approximate surface area is 156 Å². The Kier molecular flexibility index (Phi) is 10.2. The summed E-state index contributed by atoms with van der Waals surface area (Å²) in [5, 5.41) is 2.67. The molecule has 6 nitrogen and oxygen atoms in total. The number of nitrogens with one attached hydrogen (secondary N) is 1. The number of halogens is 1. The monoisotopic (exact) mass is 370 g/mol. The summed E-state index contributed by atoms with van der Waals surface area (Å²) in [5.74, 6) is 0.331. The number of hydrogen-bond acceptors (Lipinski definition) is 3. The maximum absolute atomic E-state index is 12.5. The molecule has 25 heavy (non-hydrogen) atoms. The van der Waals surface area contributed by atoms with Gasteiger partial charge in [-0.3, -0.25) is 4.79 Å². The van der Waals surface area contributed by atoms with Crippen LogP contribution in [0.5, 0.6) is 0 Å². The minimum atomic E-state index is -0.638. The number of nitrogens with zero attached hydrogens (tertiary/aromatic N) is 1. The first-order valence-corrected chi connectivity index (χ1v) is 8.33. The van der Waals surface area contributed by atoms with E-state index in [4.69, 9.17) is 11.5 Å². The van der Waals surface area contributed by atoms with Gasteiger partial charge in [0, 0.05) is 19.6 Å². The molecule has 0 heterocycles. The molecule has 0 aliphatic carbocycles. The van der Waals surface area contributed by atoms with Crippen LogP contribution in [0.3, 0.4) is 0 Å². The summed E-state index contributed by atoms with van der Waals surface area (Å²) < 4.78 is 0. The van der Waals surface area contributed by atoms with Crippen LogP contribution in [0.15, 0.2) is 24.3 Å². The van der Waals surface area contributed by atoms with E-state index in [0.717, 1.165) is 17.5 Å². The molecule has 3 amide bonds. The third-order valence-electron chi connectivity index (χ3n) is 4.34. The van der Waals surface area contributed by atoms with Crippen LogP contribution in [0.1, 0.15) is 43.9 Å². The van der Waals surface area contributed by atoms with E-state index in [2.05, 4.69) is 19.2 Å². The Morgan fingerprint density at radius 3 is 2.36 bits per heavy atom. The number of carbonyl (C=O) groups excluding carboxylic acids is 2. The van der Waals surface area contributed by atoms with Crippen LogP contribution in [0, 0.1) is 12.8 Å². The second kappa shape index (κ2) is 10.9. The molecule has 0 bridgehead atoms. The lowest BCUT2D eigenvalue weighted by atomic mass is 9.98. The van der Waals surface area contributed by atoms with Gasteiger partial charge in [-0.05, 0) is 30.4 Å². The summed E-state index contributed by atoms with van der Waals surface area (Å²) in [7, 11) is 1.76. The molecule has 0 aliphatic heterocycles. The van der Waals surface area contributed by atoms with E-state index in [1.54, 1.807) is 11.9 Å². The predicted molar refractivity (Wildman–Crippen MR) is 104 cm³/mol. The van der Waals surface area contributed by atoms with E-state index in [9.17, 15) is 9.59 Å². The molecule has 1 aromatic rings. The fourth-order valence-corrected chi connectivity index (χ4v) is 2.52. The van der Waals surface area contributed by atoms with Crippen molar-refractivity contribution in [1.29, 1.82) is 0 Å². The summed E-state index contributed by atoms with van der Waals surface area (Å²) >= 11 is 0. The molecular formula is C18H31ClN4O2. The zero-order chi connectivity index (χ0) is 18.3. The van der Waals surface area contributed by atoms with Crippen LogP contribution >= 0.6 is 12.4 Å². The van der Waals surface area contributed by atoms with Crippen molar-refractivity contribution in [2.45, 2.75) is 45.7 Å². The highest BCUT2D eigenvalue weighted by molar-refractivity contribution is 5.85. The Hall–Kier alpha value is -1.79. The molecule has 0 fully saturated rings. The molecule has 0 saturated heterocycles. The first-order chi connectivity index (χ1) is 11.2. The maximum atomic E-state index is 12.5. The van der Waals surface area contributed by atoms with Crippen LogP contribution in [0.25, 0.3) is 0 Å². The smallest absolute Gasteiger partial charge is 0.312 e.